The zero-order chi connectivity index (χ0) is 27.6. The number of hydrogen-bond donors (Lipinski definition) is 2. The minimum atomic E-state index is -4.43. The second-order valence-electron chi connectivity index (χ2n) is 8.10. The molecule has 38 heavy (non-hydrogen) atoms. The molecule has 3 heterocycles. The summed E-state index contributed by atoms with van der Waals surface area (Å²) >= 11 is 0. The third-order valence-corrected chi connectivity index (χ3v) is 7.40. The van der Waals surface area contributed by atoms with Gasteiger partial charge < -0.3 is 19.0 Å². The summed E-state index contributed by atoms with van der Waals surface area (Å²) in [6, 6.07) is 10.9. The van der Waals surface area contributed by atoms with Crippen LogP contribution in [-0.2, 0) is 10.0 Å². The molecule has 2 N–H and O–H groups in total. The van der Waals surface area contributed by atoms with Crippen molar-refractivity contribution >= 4 is 16.0 Å². The van der Waals surface area contributed by atoms with Crippen LogP contribution in [0, 0.1) is 24.1 Å². The van der Waals surface area contributed by atoms with E-state index in [2.05, 4.69) is 19.9 Å². The number of aliphatic hydroxyl groups excluding tert-OH is 1. The van der Waals surface area contributed by atoms with Gasteiger partial charge in [-0.15, -0.1) is 10.2 Å². The standard InChI is InChI=1S/C24H23FN6O6S/c1-13-8-9-19(37-13)23-28-29-24(31(23)21-17(35-3)6-5-7-18(21)36-4)30-38(33,34)14(2)22(32)20-16(25)10-15(11-26)12-27-20/h5-10,12,14,22,32H,1-4H3,(H,29,30)/t14-,22+/m1/s1. The van der Waals surface area contributed by atoms with Gasteiger partial charge in [0, 0.05) is 6.20 Å². The van der Waals surface area contributed by atoms with Crippen molar-refractivity contribution in [3.05, 3.63) is 65.4 Å². The summed E-state index contributed by atoms with van der Waals surface area (Å²) < 4.78 is 61.5. The summed E-state index contributed by atoms with van der Waals surface area (Å²) in [6.07, 6.45) is -0.832. The number of anilines is 1. The first-order chi connectivity index (χ1) is 18.1. The van der Waals surface area contributed by atoms with E-state index >= 15 is 0 Å². The number of para-hydroxylation sites is 1. The van der Waals surface area contributed by atoms with Gasteiger partial charge in [0.1, 0.15) is 51.9 Å². The number of ether oxygens (including phenoxy) is 2. The van der Waals surface area contributed by atoms with Crippen LogP contribution in [0.5, 0.6) is 11.5 Å². The van der Waals surface area contributed by atoms with Crippen LogP contribution in [0.25, 0.3) is 17.3 Å². The SMILES string of the molecule is COc1cccc(OC)c1-n1c(NS(=O)(=O)[C@H](C)[C@H](O)c2ncc(C#N)cc2F)nnc1-c1ccc(C)o1. The molecule has 12 nitrogen and oxygen atoms in total. The second-order valence-corrected chi connectivity index (χ2v) is 10.1. The zero-order valence-electron chi connectivity index (χ0n) is 20.7. The Morgan fingerprint density at radius 2 is 1.87 bits per heavy atom. The van der Waals surface area contributed by atoms with E-state index in [0.717, 1.165) is 12.3 Å². The predicted octanol–water partition coefficient (Wildman–Crippen LogP) is 3.12. The predicted molar refractivity (Wildman–Crippen MR) is 133 cm³/mol. The van der Waals surface area contributed by atoms with Crippen LogP contribution in [0.3, 0.4) is 0 Å². The van der Waals surface area contributed by atoms with Gasteiger partial charge in [-0.1, -0.05) is 6.07 Å². The Labute approximate surface area is 217 Å². The minimum Gasteiger partial charge on any atom is -0.494 e. The van der Waals surface area contributed by atoms with E-state index in [-0.39, 0.29) is 28.8 Å². The normalized spacial score (nSPS) is 13.0. The molecule has 4 aromatic rings. The molecule has 0 radical (unpaired) electrons. The molecule has 0 fully saturated rings. The molecule has 0 aliphatic rings. The molecule has 0 spiro atoms. The Morgan fingerprint density at radius 1 is 1.18 bits per heavy atom. The number of furan rings is 1. The second kappa shape index (κ2) is 10.5. The molecule has 0 amide bonds. The lowest BCUT2D eigenvalue weighted by atomic mass is 10.1. The molecule has 3 aromatic heterocycles. The summed E-state index contributed by atoms with van der Waals surface area (Å²) in [4.78, 5) is 3.73. The van der Waals surface area contributed by atoms with Gasteiger partial charge in [-0.2, -0.15) is 5.26 Å². The molecule has 0 saturated carbocycles. The number of aromatic nitrogens is 4. The van der Waals surface area contributed by atoms with Gasteiger partial charge in [0.2, 0.25) is 21.8 Å². The van der Waals surface area contributed by atoms with Gasteiger partial charge >= 0.3 is 0 Å². The van der Waals surface area contributed by atoms with Gasteiger partial charge in [-0.25, -0.2) is 12.8 Å². The Bertz CT molecular complexity index is 1610. The molecule has 14 heteroatoms. The lowest BCUT2D eigenvalue weighted by Crippen LogP contribution is -2.32. The monoisotopic (exact) mass is 542 g/mol. The van der Waals surface area contributed by atoms with Crippen LogP contribution in [-0.4, -0.2) is 52.7 Å². The first-order valence-corrected chi connectivity index (χ1v) is 12.6. The number of aliphatic hydroxyl groups is 1. The maximum atomic E-state index is 14.5. The molecule has 2 atom stereocenters. The summed E-state index contributed by atoms with van der Waals surface area (Å²) in [5.41, 5.74) is -0.328. The lowest BCUT2D eigenvalue weighted by molar-refractivity contribution is 0.166. The topological polar surface area (TPSA) is 165 Å². The molecule has 0 aliphatic heterocycles. The number of sulfonamides is 1. The van der Waals surface area contributed by atoms with E-state index < -0.39 is 32.9 Å². The number of aryl methyl sites for hydroxylation is 1. The fourth-order valence-corrected chi connectivity index (χ4v) is 4.71. The number of nitrogens with zero attached hydrogens (tertiary/aromatic N) is 5. The first kappa shape index (κ1) is 26.6. The van der Waals surface area contributed by atoms with Crippen LogP contribution in [0.4, 0.5) is 10.3 Å². The summed E-state index contributed by atoms with van der Waals surface area (Å²) in [5, 5.41) is 26.1. The van der Waals surface area contributed by atoms with Gasteiger partial charge in [0.25, 0.3) is 0 Å². The Hall–Kier alpha value is -4.48. The van der Waals surface area contributed by atoms with Crippen molar-refractivity contribution in [2.75, 3.05) is 18.9 Å². The van der Waals surface area contributed by atoms with Gasteiger partial charge in [-0.05, 0) is 44.2 Å². The molecule has 4 rings (SSSR count). The van der Waals surface area contributed by atoms with Crippen molar-refractivity contribution in [2.24, 2.45) is 0 Å². The molecule has 0 aliphatic carbocycles. The van der Waals surface area contributed by atoms with Gasteiger partial charge in [0.05, 0.1) is 19.8 Å². The fraction of sp³-hybridized carbons (Fsp3) is 0.250. The summed E-state index contributed by atoms with van der Waals surface area (Å²) in [6.45, 7) is 2.91. The van der Waals surface area contributed by atoms with Crippen LogP contribution in [0.15, 0.2) is 47.0 Å². The lowest BCUT2D eigenvalue weighted by Gasteiger charge is -2.21. The molecule has 1 aromatic carbocycles. The number of hydrogen-bond acceptors (Lipinski definition) is 10. The third-order valence-electron chi connectivity index (χ3n) is 5.70. The van der Waals surface area contributed by atoms with E-state index in [1.54, 1.807) is 43.3 Å². The van der Waals surface area contributed by atoms with Gasteiger partial charge in [-0.3, -0.25) is 14.3 Å². The highest BCUT2D eigenvalue weighted by Gasteiger charge is 2.34. The maximum Gasteiger partial charge on any atom is 0.243 e. The Balaban J connectivity index is 1.81. The van der Waals surface area contributed by atoms with Crippen molar-refractivity contribution in [2.45, 2.75) is 25.2 Å². The minimum absolute atomic E-state index is 0.0772. The highest BCUT2D eigenvalue weighted by atomic mass is 32.2. The number of halogens is 1. The number of nitriles is 1. The molecule has 0 unspecified atom stereocenters. The van der Waals surface area contributed by atoms with E-state index in [4.69, 9.17) is 19.2 Å². The van der Waals surface area contributed by atoms with Crippen LogP contribution >= 0.6 is 0 Å². The molecule has 0 saturated heterocycles. The molecular weight excluding hydrogens is 519 g/mol. The van der Waals surface area contributed by atoms with Crippen molar-refractivity contribution in [3.63, 3.8) is 0 Å². The van der Waals surface area contributed by atoms with Crippen LogP contribution < -0.4 is 14.2 Å². The summed E-state index contributed by atoms with van der Waals surface area (Å²) in [5.74, 6) is 0.326. The number of nitrogens with one attached hydrogen (secondary N) is 1. The van der Waals surface area contributed by atoms with Gasteiger partial charge in [0.15, 0.2) is 5.76 Å². The maximum absolute atomic E-state index is 14.5. The van der Waals surface area contributed by atoms with E-state index in [1.807, 2.05) is 0 Å². The average molecular weight is 543 g/mol. The van der Waals surface area contributed by atoms with E-state index in [0.29, 0.717) is 17.3 Å². The third kappa shape index (κ3) is 4.89. The van der Waals surface area contributed by atoms with Crippen molar-refractivity contribution in [1.82, 2.24) is 19.7 Å². The van der Waals surface area contributed by atoms with Crippen molar-refractivity contribution < 1.29 is 31.8 Å². The number of benzene rings is 1. The molecule has 0 bridgehead atoms. The van der Waals surface area contributed by atoms with E-state index in [1.165, 1.54) is 25.7 Å². The van der Waals surface area contributed by atoms with Crippen LogP contribution in [0.2, 0.25) is 0 Å². The molecule has 198 valence electrons. The van der Waals surface area contributed by atoms with Crippen LogP contribution in [0.1, 0.15) is 30.0 Å². The average Bonchev–Trinajstić information content (AvgIpc) is 3.52. The zero-order valence-corrected chi connectivity index (χ0v) is 21.5. The first-order valence-electron chi connectivity index (χ1n) is 11.1. The highest BCUT2D eigenvalue weighted by molar-refractivity contribution is 7.93. The quantitative estimate of drug-likeness (QED) is 0.321. The highest BCUT2D eigenvalue weighted by Crippen LogP contribution is 2.38. The smallest absolute Gasteiger partial charge is 0.243 e. The molecular formula is C24H23FN6O6S. The Morgan fingerprint density at radius 3 is 2.42 bits per heavy atom. The summed E-state index contributed by atoms with van der Waals surface area (Å²) in [7, 11) is -1.57. The Kier molecular flexibility index (Phi) is 7.33. The van der Waals surface area contributed by atoms with Crippen molar-refractivity contribution in [3.8, 4) is 34.8 Å². The number of methoxy groups -OCH3 is 2. The number of rotatable bonds is 9. The van der Waals surface area contributed by atoms with E-state index in [9.17, 15) is 17.9 Å². The number of pyridine rings is 1. The van der Waals surface area contributed by atoms with Crippen molar-refractivity contribution in [1.29, 1.82) is 5.26 Å². The largest absolute Gasteiger partial charge is 0.494 e. The fourth-order valence-electron chi connectivity index (χ4n) is 3.67.